The molecule has 1 aliphatic carbocycles. The van der Waals surface area contributed by atoms with Crippen LogP contribution in [0.3, 0.4) is 0 Å². The third kappa shape index (κ3) is 3.50. The maximum absolute atomic E-state index is 5.58. The highest BCUT2D eigenvalue weighted by Gasteiger charge is 2.31. The van der Waals surface area contributed by atoms with Crippen LogP contribution in [0.15, 0.2) is 36.4 Å². The van der Waals surface area contributed by atoms with Gasteiger partial charge in [0.1, 0.15) is 5.82 Å². The van der Waals surface area contributed by atoms with Crippen LogP contribution in [0.4, 0.5) is 5.82 Å². The monoisotopic (exact) mass is 419 g/mol. The summed E-state index contributed by atoms with van der Waals surface area (Å²) in [5.74, 6) is 2.68. The number of benzene rings is 2. The van der Waals surface area contributed by atoms with Crippen molar-refractivity contribution in [1.29, 1.82) is 0 Å². The zero-order valence-electron chi connectivity index (χ0n) is 18.4. The van der Waals surface area contributed by atoms with Crippen LogP contribution in [0.1, 0.15) is 24.0 Å². The molecule has 162 valence electrons. The van der Waals surface area contributed by atoms with Crippen LogP contribution >= 0.6 is 0 Å². The number of nitrogens with zero attached hydrogens (tertiary/aromatic N) is 2. The highest BCUT2D eigenvalue weighted by Crippen LogP contribution is 2.50. The van der Waals surface area contributed by atoms with Gasteiger partial charge in [-0.3, -0.25) is 4.90 Å². The number of nitrogens with one attached hydrogen (secondary N) is 1. The number of pyridine rings is 1. The summed E-state index contributed by atoms with van der Waals surface area (Å²) in [4.78, 5) is 7.57. The van der Waals surface area contributed by atoms with Gasteiger partial charge >= 0.3 is 0 Å². The first-order chi connectivity index (χ1) is 15.2. The lowest BCUT2D eigenvalue weighted by atomic mass is 9.95. The Morgan fingerprint density at radius 3 is 2.52 bits per heavy atom. The SMILES string of the molecule is COc1cc2c(cc1OC)C(C)c1c-2nc(NCCN2CCOCC2)c2ccccc12. The van der Waals surface area contributed by atoms with Gasteiger partial charge in [-0.15, -0.1) is 0 Å². The number of rotatable bonds is 6. The van der Waals surface area contributed by atoms with E-state index < -0.39 is 0 Å². The Bertz CT molecular complexity index is 1110. The fraction of sp³-hybridized carbons (Fsp3) is 0.400. The van der Waals surface area contributed by atoms with Gasteiger partial charge in [-0.1, -0.05) is 31.2 Å². The molecule has 1 aliphatic heterocycles. The fourth-order valence-electron chi connectivity index (χ4n) is 4.83. The van der Waals surface area contributed by atoms with Gasteiger partial charge in [0.25, 0.3) is 0 Å². The smallest absolute Gasteiger partial charge is 0.161 e. The van der Waals surface area contributed by atoms with Gasteiger partial charge < -0.3 is 19.5 Å². The van der Waals surface area contributed by atoms with E-state index in [1.54, 1.807) is 14.2 Å². The maximum Gasteiger partial charge on any atom is 0.161 e. The van der Waals surface area contributed by atoms with E-state index in [4.69, 9.17) is 19.2 Å². The molecular weight excluding hydrogens is 390 g/mol. The van der Waals surface area contributed by atoms with E-state index in [0.717, 1.165) is 68.0 Å². The van der Waals surface area contributed by atoms with E-state index in [-0.39, 0.29) is 5.92 Å². The van der Waals surface area contributed by atoms with Gasteiger partial charge in [0.15, 0.2) is 11.5 Å². The molecular formula is C25H29N3O3. The molecule has 0 amide bonds. The quantitative estimate of drug-likeness (QED) is 0.648. The molecule has 2 heterocycles. The van der Waals surface area contributed by atoms with E-state index in [9.17, 15) is 0 Å². The molecule has 2 aliphatic rings. The molecule has 1 saturated heterocycles. The second-order valence-corrected chi connectivity index (χ2v) is 8.17. The number of fused-ring (bicyclic) bond motifs is 5. The number of anilines is 1. The number of hydrogen-bond donors (Lipinski definition) is 1. The van der Waals surface area contributed by atoms with Crippen LogP contribution in [0, 0.1) is 0 Å². The largest absolute Gasteiger partial charge is 0.493 e. The number of ether oxygens (including phenoxy) is 3. The van der Waals surface area contributed by atoms with Crippen molar-refractivity contribution in [3.05, 3.63) is 47.5 Å². The average Bonchev–Trinajstić information content (AvgIpc) is 3.10. The number of morpholine rings is 1. The average molecular weight is 420 g/mol. The van der Waals surface area contributed by atoms with Crippen LogP contribution in [-0.4, -0.2) is 63.5 Å². The normalized spacial score (nSPS) is 18.0. The molecule has 31 heavy (non-hydrogen) atoms. The zero-order chi connectivity index (χ0) is 21.4. The zero-order valence-corrected chi connectivity index (χ0v) is 18.4. The summed E-state index contributed by atoms with van der Waals surface area (Å²) in [5.41, 5.74) is 4.67. The lowest BCUT2D eigenvalue weighted by Gasteiger charge is -2.26. The van der Waals surface area contributed by atoms with Crippen molar-refractivity contribution in [3.8, 4) is 22.8 Å². The Labute approximate surface area is 183 Å². The Morgan fingerprint density at radius 2 is 1.77 bits per heavy atom. The molecule has 0 saturated carbocycles. The van der Waals surface area contributed by atoms with Crippen molar-refractivity contribution < 1.29 is 14.2 Å². The highest BCUT2D eigenvalue weighted by molar-refractivity contribution is 6.00. The number of methoxy groups -OCH3 is 2. The summed E-state index contributed by atoms with van der Waals surface area (Å²) >= 11 is 0. The van der Waals surface area contributed by atoms with Crippen LogP contribution in [0.2, 0.25) is 0 Å². The molecule has 1 atom stereocenters. The first-order valence-corrected chi connectivity index (χ1v) is 10.9. The Kier molecular flexibility index (Phi) is 5.42. The molecule has 0 radical (unpaired) electrons. The van der Waals surface area contributed by atoms with Crippen molar-refractivity contribution in [2.75, 3.05) is 58.9 Å². The standard InChI is InChI=1S/C25H29N3O3/c1-16-19-14-21(29-2)22(30-3)15-20(19)24-23(16)17-6-4-5-7-18(17)25(27-24)26-8-9-28-10-12-31-13-11-28/h4-7,14-16H,8-13H2,1-3H3,(H,26,27). The second-order valence-electron chi connectivity index (χ2n) is 8.17. The van der Waals surface area contributed by atoms with Crippen molar-refractivity contribution in [2.24, 2.45) is 0 Å². The summed E-state index contributed by atoms with van der Waals surface area (Å²) in [6.45, 7) is 7.70. The van der Waals surface area contributed by atoms with E-state index in [0.29, 0.717) is 0 Å². The molecule has 2 aromatic carbocycles. The van der Waals surface area contributed by atoms with Gasteiger partial charge in [0.05, 0.1) is 33.1 Å². The third-order valence-electron chi connectivity index (χ3n) is 6.49. The van der Waals surface area contributed by atoms with Crippen LogP contribution in [0.5, 0.6) is 11.5 Å². The minimum Gasteiger partial charge on any atom is -0.493 e. The number of hydrogen-bond acceptors (Lipinski definition) is 6. The summed E-state index contributed by atoms with van der Waals surface area (Å²) in [7, 11) is 3.36. The van der Waals surface area contributed by atoms with Crippen LogP contribution < -0.4 is 14.8 Å². The Hall–Kier alpha value is -2.83. The lowest BCUT2D eigenvalue weighted by Crippen LogP contribution is -2.39. The molecule has 1 unspecified atom stereocenters. The molecule has 1 aromatic heterocycles. The minimum atomic E-state index is 0.240. The third-order valence-corrected chi connectivity index (χ3v) is 6.49. The first-order valence-electron chi connectivity index (χ1n) is 10.9. The van der Waals surface area contributed by atoms with E-state index >= 15 is 0 Å². The Morgan fingerprint density at radius 1 is 1.06 bits per heavy atom. The number of aromatic nitrogens is 1. The summed E-state index contributed by atoms with van der Waals surface area (Å²) < 4.78 is 16.6. The highest BCUT2D eigenvalue weighted by atomic mass is 16.5. The molecule has 1 fully saturated rings. The van der Waals surface area contributed by atoms with Gasteiger partial charge in [-0.05, 0) is 28.6 Å². The van der Waals surface area contributed by atoms with E-state index in [2.05, 4.69) is 53.5 Å². The van der Waals surface area contributed by atoms with Gasteiger partial charge in [0.2, 0.25) is 0 Å². The van der Waals surface area contributed by atoms with Gasteiger partial charge in [-0.25, -0.2) is 4.98 Å². The molecule has 0 spiro atoms. The van der Waals surface area contributed by atoms with E-state index in [1.165, 1.54) is 21.9 Å². The summed E-state index contributed by atoms with van der Waals surface area (Å²) in [5, 5.41) is 6.03. The predicted molar refractivity (Wildman–Crippen MR) is 124 cm³/mol. The summed E-state index contributed by atoms with van der Waals surface area (Å²) in [6.07, 6.45) is 0. The van der Waals surface area contributed by atoms with Crippen LogP contribution in [0.25, 0.3) is 22.0 Å². The van der Waals surface area contributed by atoms with Gasteiger partial charge in [0, 0.05) is 43.0 Å². The lowest BCUT2D eigenvalue weighted by molar-refractivity contribution is 0.0398. The molecule has 3 aromatic rings. The Balaban J connectivity index is 1.54. The van der Waals surface area contributed by atoms with Crippen molar-refractivity contribution in [3.63, 3.8) is 0 Å². The predicted octanol–water partition coefficient (Wildman–Crippen LogP) is 4.13. The minimum absolute atomic E-state index is 0.240. The fourth-order valence-corrected chi connectivity index (χ4v) is 4.83. The van der Waals surface area contributed by atoms with Crippen molar-refractivity contribution in [1.82, 2.24) is 9.88 Å². The topological polar surface area (TPSA) is 55.9 Å². The molecule has 0 bridgehead atoms. The van der Waals surface area contributed by atoms with Crippen molar-refractivity contribution in [2.45, 2.75) is 12.8 Å². The van der Waals surface area contributed by atoms with Crippen LogP contribution in [-0.2, 0) is 4.74 Å². The summed E-state index contributed by atoms with van der Waals surface area (Å²) in [6, 6.07) is 12.7. The van der Waals surface area contributed by atoms with Gasteiger partial charge in [-0.2, -0.15) is 0 Å². The maximum atomic E-state index is 5.58. The first kappa shape index (κ1) is 20.1. The molecule has 5 rings (SSSR count). The molecule has 6 heteroatoms. The van der Waals surface area contributed by atoms with Crippen molar-refractivity contribution >= 4 is 16.6 Å². The van der Waals surface area contributed by atoms with E-state index in [1.807, 2.05) is 0 Å². The molecule has 6 nitrogen and oxygen atoms in total. The molecule has 1 N–H and O–H groups in total. The second kappa shape index (κ2) is 8.36.